The number of carboxylic acids is 1. The molecule has 1 saturated carbocycles. The SMILES string of the molecule is C[C@@H](Nc1nc2ccc(Oc3ccnc(C(=O)O)c3)cc2o1)C1CCCCC1. The molecule has 1 fully saturated rings. The van der Waals surface area contributed by atoms with Crippen LogP contribution in [0.15, 0.2) is 40.9 Å². The summed E-state index contributed by atoms with van der Waals surface area (Å²) in [7, 11) is 0. The number of ether oxygens (including phenoxy) is 1. The van der Waals surface area contributed by atoms with Crippen molar-refractivity contribution in [1.82, 2.24) is 9.97 Å². The lowest BCUT2D eigenvalue weighted by atomic mass is 9.85. The number of pyridine rings is 1. The van der Waals surface area contributed by atoms with Crippen molar-refractivity contribution >= 4 is 23.1 Å². The van der Waals surface area contributed by atoms with Crippen LogP contribution in [0.3, 0.4) is 0 Å². The molecule has 28 heavy (non-hydrogen) atoms. The van der Waals surface area contributed by atoms with Crippen molar-refractivity contribution in [3.63, 3.8) is 0 Å². The van der Waals surface area contributed by atoms with E-state index in [0.29, 0.717) is 35.1 Å². The van der Waals surface area contributed by atoms with Crippen molar-refractivity contribution in [2.24, 2.45) is 5.92 Å². The number of benzene rings is 1. The number of anilines is 1. The summed E-state index contributed by atoms with van der Waals surface area (Å²) in [5.41, 5.74) is 1.29. The highest BCUT2D eigenvalue weighted by Gasteiger charge is 2.21. The molecule has 7 nitrogen and oxygen atoms in total. The standard InChI is InChI=1S/C21H23N3O4/c1-13(14-5-3-2-4-6-14)23-21-24-17-8-7-15(12-19(17)28-21)27-16-9-10-22-18(11-16)20(25)26/h7-14H,2-6H2,1H3,(H,23,24)(H,25,26)/t13-/m1/s1. The number of carboxylic acid groups (broad SMARTS) is 1. The van der Waals surface area contributed by atoms with Gasteiger partial charge in [0.2, 0.25) is 0 Å². The molecular formula is C21H23N3O4. The predicted octanol–water partition coefficient (Wildman–Crippen LogP) is 5.09. The third-order valence-corrected chi connectivity index (χ3v) is 5.25. The number of hydrogen-bond donors (Lipinski definition) is 2. The van der Waals surface area contributed by atoms with E-state index in [-0.39, 0.29) is 5.69 Å². The third-order valence-electron chi connectivity index (χ3n) is 5.25. The van der Waals surface area contributed by atoms with Crippen LogP contribution in [0, 0.1) is 5.92 Å². The Labute approximate surface area is 162 Å². The topological polar surface area (TPSA) is 97.5 Å². The molecule has 0 bridgehead atoms. The first-order valence-electron chi connectivity index (χ1n) is 9.63. The largest absolute Gasteiger partial charge is 0.477 e. The summed E-state index contributed by atoms with van der Waals surface area (Å²) >= 11 is 0. The number of nitrogens with one attached hydrogen (secondary N) is 1. The van der Waals surface area contributed by atoms with Gasteiger partial charge in [0, 0.05) is 24.4 Å². The summed E-state index contributed by atoms with van der Waals surface area (Å²) in [6.45, 7) is 2.18. The first kappa shape index (κ1) is 18.3. The average molecular weight is 381 g/mol. The fourth-order valence-corrected chi connectivity index (χ4v) is 3.70. The van der Waals surface area contributed by atoms with E-state index < -0.39 is 5.97 Å². The maximum absolute atomic E-state index is 11.0. The van der Waals surface area contributed by atoms with Crippen LogP contribution in [-0.2, 0) is 0 Å². The molecule has 2 heterocycles. The van der Waals surface area contributed by atoms with Gasteiger partial charge in [0.25, 0.3) is 6.01 Å². The highest BCUT2D eigenvalue weighted by Crippen LogP contribution is 2.30. The predicted molar refractivity (Wildman–Crippen MR) is 105 cm³/mol. The molecule has 2 N–H and O–H groups in total. The van der Waals surface area contributed by atoms with Gasteiger partial charge < -0.3 is 19.6 Å². The molecule has 0 saturated heterocycles. The van der Waals surface area contributed by atoms with Crippen LogP contribution in [0.5, 0.6) is 11.5 Å². The van der Waals surface area contributed by atoms with Gasteiger partial charge >= 0.3 is 5.97 Å². The van der Waals surface area contributed by atoms with Crippen molar-refractivity contribution in [3.8, 4) is 11.5 Å². The highest BCUT2D eigenvalue weighted by molar-refractivity contribution is 5.85. The van der Waals surface area contributed by atoms with Gasteiger partial charge in [-0.2, -0.15) is 4.98 Å². The lowest BCUT2D eigenvalue weighted by Crippen LogP contribution is -2.27. The number of rotatable bonds is 6. The fraction of sp³-hybridized carbons (Fsp3) is 0.381. The van der Waals surface area contributed by atoms with Crippen LogP contribution < -0.4 is 10.1 Å². The monoisotopic (exact) mass is 381 g/mol. The molecule has 7 heteroatoms. The van der Waals surface area contributed by atoms with E-state index in [1.807, 2.05) is 6.07 Å². The lowest BCUT2D eigenvalue weighted by molar-refractivity contribution is 0.0690. The Morgan fingerprint density at radius 1 is 1.21 bits per heavy atom. The van der Waals surface area contributed by atoms with E-state index >= 15 is 0 Å². The first-order valence-corrected chi connectivity index (χ1v) is 9.63. The van der Waals surface area contributed by atoms with Crippen molar-refractivity contribution in [2.75, 3.05) is 5.32 Å². The molecular weight excluding hydrogens is 358 g/mol. The van der Waals surface area contributed by atoms with Crippen LogP contribution in [0.4, 0.5) is 6.01 Å². The van der Waals surface area contributed by atoms with Gasteiger partial charge in [-0.3, -0.25) is 0 Å². The minimum absolute atomic E-state index is 0.0681. The third kappa shape index (κ3) is 4.08. The molecule has 0 aliphatic heterocycles. The smallest absolute Gasteiger partial charge is 0.354 e. The van der Waals surface area contributed by atoms with Crippen molar-refractivity contribution in [1.29, 1.82) is 0 Å². The molecule has 1 aliphatic rings. The van der Waals surface area contributed by atoms with Crippen LogP contribution in [0.25, 0.3) is 11.1 Å². The molecule has 0 radical (unpaired) electrons. The van der Waals surface area contributed by atoms with Gasteiger partial charge in [-0.15, -0.1) is 0 Å². The van der Waals surface area contributed by atoms with Crippen molar-refractivity contribution in [3.05, 3.63) is 42.2 Å². The molecule has 0 spiro atoms. The van der Waals surface area contributed by atoms with E-state index in [1.165, 1.54) is 44.4 Å². The number of aromatic carboxylic acids is 1. The fourth-order valence-electron chi connectivity index (χ4n) is 3.70. The van der Waals surface area contributed by atoms with Crippen LogP contribution in [0.1, 0.15) is 49.5 Å². The maximum atomic E-state index is 11.0. The summed E-state index contributed by atoms with van der Waals surface area (Å²) in [6, 6.07) is 9.17. The quantitative estimate of drug-likeness (QED) is 0.613. The second kappa shape index (κ2) is 7.88. The molecule has 0 unspecified atom stereocenters. The average Bonchev–Trinajstić information content (AvgIpc) is 3.10. The Hall–Kier alpha value is -3.09. The molecule has 1 atom stereocenters. The van der Waals surface area contributed by atoms with Gasteiger partial charge in [-0.25, -0.2) is 9.78 Å². The van der Waals surface area contributed by atoms with Crippen LogP contribution in [0.2, 0.25) is 0 Å². The zero-order valence-corrected chi connectivity index (χ0v) is 15.7. The highest BCUT2D eigenvalue weighted by atomic mass is 16.5. The first-order chi connectivity index (χ1) is 13.6. The molecule has 146 valence electrons. The number of fused-ring (bicyclic) bond motifs is 1. The van der Waals surface area contributed by atoms with Crippen molar-refractivity contribution in [2.45, 2.75) is 45.1 Å². The molecule has 1 aliphatic carbocycles. The van der Waals surface area contributed by atoms with Crippen LogP contribution in [-0.4, -0.2) is 27.1 Å². The normalized spacial score (nSPS) is 16.0. The second-order valence-corrected chi connectivity index (χ2v) is 7.26. The number of hydrogen-bond acceptors (Lipinski definition) is 6. The Bertz CT molecular complexity index is 979. The lowest BCUT2D eigenvalue weighted by Gasteiger charge is -2.27. The molecule has 3 aromatic rings. The summed E-state index contributed by atoms with van der Waals surface area (Å²) < 4.78 is 11.6. The Morgan fingerprint density at radius 3 is 2.79 bits per heavy atom. The number of carbonyl (C=O) groups is 1. The Kier molecular flexibility index (Phi) is 5.14. The van der Waals surface area contributed by atoms with Crippen molar-refractivity contribution < 1.29 is 19.1 Å². The molecule has 4 rings (SSSR count). The number of oxazole rings is 1. The molecule has 2 aromatic heterocycles. The Morgan fingerprint density at radius 2 is 2.00 bits per heavy atom. The van der Waals surface area contributed by atoms with E-state index in [0.717, 1.165) is 5.52 Å². The van der Waals surface area contributed by atoms with Gasteiger partial charge in [0.1, 0.15) is 17.0 Å². The summed E-state index contributed by atoms with van der Waals surface area (Å²) in [5, 5.41) is 12.4. The van der Waals surface area contributed by atoms with Gasteiger partial charge in [0.15, 0.2) is 11.3 Å². The van der Waals surface area contributed by atoms with Crippen LogP contribution >= 0.6 is 0 Å². The summed E-state index contributed by atoms with van der Waals surface area (Å²) in [5.74, 6) is 0.491. The zero-order chi connectivity index (χ0) is 19.5. The summed E-state index contributed by atoms with van der Waals surface area (Å²) in [6.07, 6.45) is 7.82. The van der Waals surface area contributed by atoms with E-state index in [2.05, 4.69) is 22.2 Å². The summed E-state index contributed by atoms with van der Waals surface area (Å²) in [4.78, 5) is 19.3. The number of nitrogens with zero attached hydrogens (tertiary/aromatic N) is 2. The van der Waals surface area contributed by atoms with Gasteiger partial charge in [-0.05, 0) is 43.9 Å². The van der Waals surface area contributed by atoms with Gasteiger partial charge in [-0.1, -0.05) is 19.3 Å². The van der Waals surface area contributed by atoms with E-state index in [4.69, 9.17) is 14.3 Å². The van der Waals surface area contributed by atoms with Gasteiger partial charge in [0.05, 0.1) is 0 Å². The minimum Gasteiger partial charge on any atom is -0.477 e. The molecule has 0 amide bonds. The minimum atomic E-state index is -1.10. The molecule has 1 aromatic carbocycles. The zero-order valence-electron chi connectivity index (χ0n) is 15.7. The Balaban J connectivity index is 1.48. The van der Waals surface area contributed by atoms with E-state index in [1.54, 1.807) is 18.2 Å². The maximum Gasteiger partial charge on any atom is 0.354 e. The van der Waals surface area contributed by atoms with E-state index in [9.17, 15) is 4.79 Å². The second-order valence-electron chi connectivity index (χ2n) is 7.26. The number of aromatic nitrogens is 2.